The van der Waals surface area contributed by atoms with Crippen molar-refractivity contribution in [2.24, 2.45) is 4.76 Å². The summed E-state index contributed by atoms with van der Waals surface area (Å²) in [4.78, 5) is 24.1. The zero-order valence-corrected chi connectivity index (χ0v) is 19.2. The van der Waals surface area contributed by atoms with Gasteiger partial charge in [-0.15, -0.1) is 0 Å². The van der Waals surface area contributed by atoms with Crippen LogP contribution < -0.4 is 5.09 Å². The van der Waals surface area contributed by atoms with Gasteiger partial charge in [0.2, 0.25) is 0 Å². The molecule has 164 valence electrons. The molecule has 0 spiro atoms. The lowest BCUT2D eigenvalue weighted by atomic mass is 10.1. The highest BCUT2D eigenvalue weighted by Crippen LogP contribution is 2.45. The quantitative estimate of drug-likeness (QED) is 0.166. The topological polar surface area (TPSA) is 94.1 Å². The van der Waals surface area contributed by atoms with Crippen LogP contribution in [0.5, 0.6) is 0 Å². The normalized spacial score (nSPS) is 15.0. The molecule has 0 saturated heterocycles. The van der Waals surface area contributed by atoms with E-state index in [0.717, 1.165) is 25.7 Å². The third-order valence-electron chi connectivity index (χ3n) is 4.14. The molecule has 1 N–H and O–H groups in total. The molecular formula is C20H39N2O5P. The van der Waals surface area contributed by atoms with Gasteiger partial charge < -0.3 is 9.47 Å². The number of ether oxygens (including phenoxy) is 2. The van der Waals surface area contributed by atoms with E-state index in [0.29, 0.717) is 25.6 Å². The standard InChI is InChI=1S/C20H39N2O5P/c1-6-10-11-12-13-14-16-28(25,21-17(5)19(23)27-15-7-2)22-18(8-3)20(24)26-9-4/h17H,6-16H2,1-5H3,(H,21,25). The largest absolute Gasteiger partial charge is 0.465 e. The Bertz CT molecular complexity index is 537. The first kappa shape index (κ1) is 26.8. The predicted octanol–water partition coefficient (Wildman–Crippen LogP) is 4.89. The molecule has 28 heavy (non-hydrogen) atoms. The van der Waals surface area contributed by atoms with E-state index in [1.165, 1.54) is 12.8 Å². The van der Waals surface area contributed by atoms with E-state index in [2.05, 4.69) is 16.8 Å². The molecule has 0 aromatic heterocycles. The molecule has 0 heterocycles. The number of carbonyl (C=O) groups excluding carboxylic acids is 2. The van der Waals surface area contributed by atoms with Crippen LogP contribution in [0.2, 0.25) is 0 Å². The van der Waals surface area contributed by atoms with Crippen molar-refractivity contribution in [3.63, 3.8) is 0 Å². The molecule has 0 aliphatic heterocycles. The molecule has 0 aliphatic carbocycles. The van der Waals surface area contributed by atoms with E-state index < -0.39 is 25.4 Å². The second kappa shape index (κ2) is 15.7. The highest BCUT2D eigenvalue weighted by Gasteiger charge is 2.29. The molecule has 0 amide bonds. The van der Waals surface area contributed by atoms with E-state index in [4.69, 9.17) is 9.47 Å². The van der Waals surface area contributed by atoms with Crippen LogP contribution in [0, 0.1) is 0 Å². The second-order valence-electron chi connectivity index (χ2n) is 6.83. The van der Waals surface area contributed by atoms with E-state index in [9.17, 15) is 14.2 Å². The fourth-order valence-electron chi connectivity index (χ4n) is 2.60. The van der Waals surface area contributed by atoms with Crippen LogP contribution >= 0.6 is 7.44 Å². The van der Waals surface area contributed by atoms with Crippen molar-refractivity contribution >= 4 is 25.1 Å². The van der Waals surface area contributed by atoms with Crippen molar-refractivity contribution in [3.05, 3.63) is 0 Å². The minimum Gasteiger partial charge on any atom is -0.465 e. The Labute approximate surface area is 170 Å². The molecule has 0 aliphatic rings. The molecule has 0 bridgehead atoms. The monoisotopic (exact) mass is 418 g/mol. The lowest BCUT2D eigenvalue weighted by molar-refractivity contribution is -0.145. The summed E-state index contributed by atoms with van der Waals surface area (Å²) < 4.78 is 27.8. The summed E-state index contributed by atoms with van der Waals surface area (Å²) in [5.74, 6) is -1.02. The van der Waals surface area contributed by atoms with E-state index in [1.807, 2.05) is 6.92 Å². The maximum absolute atomic E-state index is 13.5. The van der Waals surface area contributed by atoms with E-state index >= 15 is 0 Å². The van der Waals surface area contributed by atoms with Gasteiger partial charge in [0.1, 0.15) is 11.8 Å². The van der Waals surface area contributed by atoms with Gasteiger partial charge in [-0.05, 0) is 33.1 Å². The molecule has 0 saturated carbocycles. The molecule has 0 aromatic rings. The maximum Gasteiger partial charge on any atom is 0.352 e. The van der Waals surface area contributed by atoms with Gasteiger partial charge in [-0.3, -0.25) is 9.36 Å². The predicted molar refractivity (Wildman–Crippen MR) is 114 cm³/mol. The highest BCUT2D eigenvalue weighted by molar-refractivity contribution is 7.60. The fraction of sp³-hybridized carbons (Fsp3) is 0.850. The molecule has 0 fully saturated rings. The van der Waals surface area contributed by atoms with Crippen molar-refractivity contribution in [2.45, 2.75) is 92.0 Å². The highest BCUT2D eigenvalue weighted by atomic mass is 31.2. The molecule has 0 aromatic carbocycles. The first-order chi connectivity index (χ1) is 13.3. The van der Waals surface area contributed by atoms with Crippen molar-refractivity contribution in [1.82, 2.24) is 5.09 Å². The van der Waals surface area contributed by atoms with Gasteiger partial charge >= 0.3 is 11.9 Å². The van der Waals surface area contributed by atoms with Crippen molar-refractivity contribution in [3.8, 4) is 0 Å². The molecule has 7 nitrogen and oxygen atoms in total. The first-order valence-electron chi connectivity index (χ1n) is 10.6. The minimum atomic E-state index is -3.33. The Kier molecular flexibility index (Phi) is 15.0. The Hall–Kier alpha value is -1.20. The number of nitrogens with zero attached hydrogens (tertiary/aromatic N) is 1. The number of rotatable bonds is 16. The first-order valence-corrected chi connectivity index (χ1v) is 12.5. The third kappa shape index (κ3) is 11.6. The van der Waals surface area contributed by atoms with Gasteiger partial charge in [-0.2, -0.15) is 0 Å². The lowest BCUT2D eigenvalue weighted by Crippen LogP contribution is -2.34. The van der Waals surface area contributed by atoms with E-state index in [1.54, 1.807) is 20.8 Å². The van der Waals surface area contributed by atoms with Crippen LogP contribution in [0.4, 0.5) is 0 Å². The molecule has 2 unspecified atom stereocenters. The summed E-state index contributed by atoms with van der Waals surface area (Å²) in [7, 11) is -3.33. The van der Waals surface area contributed by atoms with E-state index in [-0.39, 0.29) is 12.3 Å². The van der Waals surface area contributed by atoms with Crippen LogP contribution in [0.3, 0.4) is 0 Å². The molecule has 0 radical (unpaired) electrons. The van der Waals surface area contributed by atoms with Gasteiger partial charge in [0.25, 0.3) is 7.44 Å². The molecule has 2 atom stereocenters. The number of hydrogen-bond acceptors (Lipinski definition) is 5. The molecule has 0 rings (SSSR count). The van der Waals surface area contributed by atoms with Crippen LogP contribution in [0.1, 0.15) is 86.0 Å². The Balaban J connectivity index is 5.19. The van der Waals surface area contributed by atoms with Gasteiger partial charge in [0.15, 0.2) is 0 Å². The lowest BCUT2D eigenvalue weighted by Gasteiger charge is -2.20. The summed E-state index contributed by atoms with van der Waals surface area (Å²) in [6.45, 7) is 9.71. The summed E-state index contributed by atoms with van der Waals surface area (Å²) in [5, 5.41) is 2.85. The molecule has 8 heteroatoms. The SMILES string of the molecule is CCCCCCCCP(=O)(N=C(CC)C(=O)OCC)NC(C)C(=O)OCCC. The van der Waals surface area contributed by atoms with Gasteiger partial charge in [0, 0.05) is 6.16 Å². The number of hydrogen-bond donors (Lipinski definition) is 1. The number of unbranched alkanes of at least 4 members (excludes halogenated alkanes) is 5. The van der Waals surface area contributed by atoms with Crippen LogP contribution in [-0.2, 0) is 23.6 Å². The van der Waals surface area contributed by atoms with Gasteiger partial charge in [0.05, 0.1) is 13.2 Å². The maximum atomic E-state index is 13.5. The Morgan fingerprint density at radius 3 is 2.18 bits per heavy atom. The summed E-state index contributed by atoms with van der Waals surface area (Å²) in [5.41, 5.74) is 0.137. The average molecular weight is 419 g/mol. The van der Waals surface area contributed by atoms with Crippen molar-refractivity contribution in [2.75, 3.05) is 19.4 Å². The van der Waals surface area contributed by atoms with Gasteiger partial charge in [-0.25, -0.2) is 14.6 Å². The van der Waals surface area contributed by atoms with Crippen LogP contribution in [0.25, 0.3) is 0 Å². The zero-order valence-electron chi connectivity index (χ0n) is 18.3. The Morgan fingerprint density at radius 2 is 1.61 bits per heavy atom. The van der Waals surface area contributed by atoms with Crippen LogP contribution in [0.15, 0.2) is 4.76 Å². The number of nitrogens with one attached hydrogen (secondary N) is 1. The third-order valence-corrected chi connectivity index (χ3v) is 6.42. The molecular weight excluding hydrogens is 379 g/mol. The minimum absolute atomic E-state index is 0.137. The smallest absolute Gasteiger partial charge is 0.352 e. The average Bonchev–Trinajstić information content (AvgIpc) is 2.67. The van der Waals surface area contributed by atoms with Crippen LogP contribution in [-0.4, -0.2) is 43.1 Å². The number of carbonyl (C=O) groups is 2. The summed E-state index contributed by atoms with van der Waals surface area (Å²) >= 11 is 0. The second-order valence-corrected chi connectivity index (χ2v) is 9.14. The Morgan fingerprint density at radius 1 is 0.964 bits per heavy atom. The van der Waals surface area contributed by atoms with Crippen molar-refractivity contribution < 1.29 is 23.6 Å². The zero-order chi connectivity index (χ0) is 21.4. The fourth-order valence-corrected chi connectivity index (χ4v) is 4.86. The summed E-state index contributed by atoms with van der Waals surface area (Å²) in [6, 6.07) is -0.762. The van der Waals surface area contributed by atoms with Crippen molar-refractivity contribution in [1.29, 1.82) is 0 Å². The summed E-state index contributed by atoms with van der Waals surface area (Å²) in [6.07, 6.45) is 7.57. The number of esters is 2. The van der Waals surface area contributed by atoms with Gasteiger partial charge in [-0.1, -0.05) is 52.9 Å².